The predicted molar refractivity (Wildman–Crippen MR) is 62.6 cm³/mol. The Morgan fingerprint density at radius 2 is 2.14 bits per heavy atom. The number of aryl methyl sites for hydroxylation is 1. The van der Waals surface area contributed by atoms with E-state index in [1.807, 2.05) is 0 Å². The minimum atomic E-state index is 0.282. The van der Waals surface area contributed by atoms with Gasteiger partial charge in [-0.3, -0.25) is 0 Å². The van der Waals surface area contributed by atoms with Gasteiger partial charge in [-0.25, -0.2) is 0 Å². The van der Waals surface area contributed by atoms with E-state index in [1.165, 1.54) is 43.2 Å². The number of rotatable bonds is 3. The predicted octanol–water partition coefficient (Wildman–Crippen LogP) is 3.64. The van der Waals surface area contributed by atoms with Crippen LogP contribution < -0.4 is 5.73 Å². The Balaban J connectivity index is 1.95. The average Bonchev–Trinajstić information content (AvgIpc) is 2.75. The van der Waals surface area contributed by atoms with Gasteiger partial charge in [-0.05, 0) is 41.1 Å². The lowest BCUT2D eigenvalue weighted by Crippen LogP contribution is -2.14. The molecule has 0 aromatic carbocycles. The van der Waals surface area contributed by atoms with Crippen LogP contribution in [0.3, 0.4) is 0 Å². The maximum atomic E-state index is 6.23. The van der Waals surface area contributed by atoms with Gasteiger partial charge in [0.1, 0.15) is 0 Å². The van der Waals surface area contributed by atoms with Crippen LogP contribution >= 0.6 is 11.3 Å². The lowest BCUT2D eigenvalue weighted by Gasteiger charge is -2.16. The summed E-state index contributed by atoms with van der Waals surface area (Å²) in [5.41, 5.74) is 8.98. The molecule has 1 atom stereocenters. The number of thiophene rings is 1. The van der Waals surface area contributed by atoms with Gasteiger partial charge in [0.2, 0.25) is 0 Å². The van der Waals surface area contributed by atoms with Crippen molar-refractivity contribution in [1.82, 2.24) is 0 Å². The van der Waals surface area contributed by atoms with Gasteiger partial charge in [0.25, 0.3) is 0 Å². The van der Waals surface area contributed by atoms with Crippen molar-refractivity contribution in [1.29, 1.82) is 0 Å². The van der Waals surface area contributed by atoms with Crippen molar-refractivity contribution < 1.29 is 0 Å². The Labute approximate surface area is 90.3 Å². The molecule has 1 saturated carbocycles. The highest BCUT2D eigenvalue weighted by Gasteiger charge is 2.19. The maximum Gasteiger partial charge on any atom is 0.0308 e. The van der Waals surface area contributed by atoms with Gasteiger partial charge < -0.3 is 5.73 Å². The molecule has 1 fully saturated rings. The summed E-state index contributed by atoms with van der Waals surface area (Å²) in [7, 11) is 0. The second kappa shape index (κ2) is 4.45. The summed E-state index contributed by atoms with van der Waals surface area (Å²) in [6, 6.07) is 0.282. The number of hydrogen-bond acceptors (Lipinski definition) is 2. The zero-order valence-electron chi connectivity index (χ0n) is 8.83. The van der Waals surface area contributed by atoms with Gasteiger partial charge in [-0.2, -0.15) is 11.3 Å². The van der Waals surface area contributed by atoms with Gasteiger partial charge in [-0.1, -0.05) is 25.7 Å². The molecule has 1 unspecified atom stereocenters. The lowest BCUT2D eigenvalue weighted by molar-refractivity contribution is 0.450. The van der Waals surface area contributed by atoms with E-state index in [0.717, 1.165) is 5.92 Å². The molecule has 1 aromatic rings. The minimum absolute atomic E-state index is 0.282. The van der Waals surface area contributed by atoms with Crippen molar-refractivity contribution in [3.8, 4) is 0 Å². The quantitative estimate of drug-likeness (QED) is 0.808. The van der Waals surface area contributed by atoms with Crippen molar-refractivity contribution in [3.05, 3.63) is 21.9 Å². The van der Waals surface area contributed by atoms with E-state index in [9.17, 15) is 0 Å². The number of hydrogen-bond donors (Lipinski definition) is 1. The van der Waals surface area contributed by atoms with Crippen LogP contribution in [0, 0.1) is 12.8 Å². The monoisotopic (exact) mass is 209 g/mol. The van der Waals surface area contributed by atoms with Crippen molar-refractivity contribution in [2.75, 3.05) is 0 Å². The third-order valence-electron chi connectivity index (χ3n) is 3.36. The molecular formula is C12H19NS. The van der Waals surface area contributed by atoms with Crippen molar-refractivity contribution in [2.45, 2.75) is 45.1 Å². The highest BCUT2D eigenvalue weighted by molar-refractivity contribution is 7.08. The molecular weight excluding hydrogens is 190 g/mol. The fourth-order valence-electron chi connectivity index (χ4n) is 2.48. The third-order valence-corrected chi connectivity index (χ3v) is 4.24. The van der Waals surface area contributed by atoms with Crippen LogP contribution in [-0.4, -0.2) is 0 Å². The molecule has 78 valence electrons. The molecule has 0 aliphatic heterocycles. The van der Waals surface area contributed by atoms with E-state index in [-0.39, 0.29) is 6.04 Å². The Morgan fingerprint density at radius 3 is 2.71 bits per heavy atom. The van der Waals surface area contributed by atoms with Crippen molar-refractivity contribution in [3.63, 3.8) is 0 Å². The molecule has 2 heteroatoms. The van der Waals surface area contributed by atoms with E-state index in [2.05, 4.69) is 17.7 Å². The summed E-state index contributed by atoms with van der Waals surface area (Å²) in [4.78, 5) is 0. The second-order valence-corrected chi connectivity index (χ2v) is 5.25. The third kappa shape index (κ3) is 2.18. The number of nitrogens with two attached hydrogens (primary N) is 1. The van der Waals surface area contributed by atoms with Gasteiger partial charge in [0.15, 0.2) is 0 Å². The highest BCUT2D eigenvalue weighted by atomic mass is 32.1. The molecule has 14 heavy (non-hydrogen) atoms. The zero-order chi connectivity index (χ0) is 9.97. The largest absolute Gasteiger partial charge is 0.324 e. The molecule has 2 N–H and O–H groups in total. The van der Waals surface area contributed by atoms with E-state index >= 15 is 0 Å². The normalized spacial score (nSPS) is 20.1. The Hall–Kier alpha value is -0.340. The fourth-order valence-corrected chi connectivity index (χ4v) is 3.40. The summed E-state index contributed by atoms with van der Waals surface area (Å²) in [6.45, 7) is 2.17. The molecule has 0 bridgehead atoms. The van der Waals surface area contributed by atoms with E-state index < -0.39 is 0 Å². The van der Waals surface area contributed by atoms with Crippen molar-refractivity contribution in [2.24, 2.45) is 11.7 Å². The average molecular weight is 209 g/mol. The van der Waals surface area contributed by atoms with Crippen LogP contribution in [0.4, 0.5) is 0 Å². The van der Waals surface area contributed by atoms with Gasteiger partial charge >= 0.3 is 0 Å². The standard InChI is InChI=1S/C12H19NS/c1-9-7-14-8-11(9)12(13)6-10-4-2-3-5-10/h7-8,10,12H,2-6,13H2,1H3. The second-order valence-electron chi connectivity index (χ2n) is 4.50. The summed E-state index contributed by atoms with van der Waals surface area (Å²) >= 11 is 1.77. The molecule has 0 radical (unpaired) electrons. The maximum absolute atomic E-state index is 6.23. The van der Waals surface area contributed by atoms with Crippen LogP contribution in [-0.2, 0) is 0 Å². The van der Waals surface area contributed by atoms with E-state index in [1.54, 1.807) is 11.3 Å². The van der Waals surface area contributed by atoms with Crippen LogP contribution in [0.25, 0.3) is 0 Å². The van der Waals surface area contributed by atoms with Crippen LogP contribution in [0.2, 0.25) is 0 Å². The summed E-state index contributed by atoms with van der Waals surface area (Å²) in [5, 5.41) is 4.42. The molecule has 1 nitrogen and oxygen atoms in total. The Kier molecular flexibility index (Phi) is 3.24. The minimum Gasteiger partial charge on any atom is -0.324 e. The molecule has 2 rings (SSSR count). The smallest absolute Gasteiger partial charge is 0.0308 e. The molecule has 0 saturated heterocycles. The van der Waals surface area contributed by atoms with E-state index in [4.69, 9.17) is 5.73 Å². The molecule has 1 aliphatic rings. The Morgan fingerprint density at radius 1 is 1.43 bits per heavy atom. The zero-order valence-corrected chi connectivity index (χ0v) is 9.65. The Bertz CT molecular complexity index is 286. The first-order valence-electron chi connectivity index (χ1n) is 5.55. The summed E-state index contributed by atoms with van der Waals surface area (Å²) < 4.78 is 0. The molecule has 0 amide bonds. The fraction of sp³-hybridized carbons (Fsp3) is 0.667. The van der Waals surface area contributed by atoms with Crippen molar-refractivity contribution >= 4 is 11.3 Å². The van der Waals surface area contributed by atoms with Gasteiger partial charge in [0, 0.05) is 6.04 Å². The van der Waals surface area contributed by atoms with Crippen LogP contribution in [0.1, 0.15) is 49.3 Å². The van der Waals surface area contributed by atoms with Gasteiger partial charge in [-0.15, -0.1) is 0 Å². The molecule has 1 heterocycles. The summed E-state index contributed by atoms with van der Waals surface area (Å²) in [5.74, 6) is 0.893. The SMILES string of the molecule is Cc1cscc1C(N)CC1CCCC1. The first-order valence-corrected chi connectivity index (χ1v) is 6.50. The topological polar surface area (TPSA) is 26.0 Å². The molecule has 1 aromatic heterocycles. The lowest BCUT2D eigenvalue weighted by atomic mass is 9.94. The van der Waals surface area contributed by atoms with Crippen LogP contribution in [0.5, 0.6) is 0 Å². The van der Waals surface area contributed by atoms with E-state index in [0.29, 0.717) is 0 Å². The first-order chi connectivity index (χ1) is 6.77. The first kappa shape index (κ1) is 10.2. The molecule has 1 aliphatic carbocycles. The molecule has 0 spiro atoms. The van der Waals surface area contributed by atoms with Crippen LogP contribution in [0.15, 0.2) is 10.8 Å². The highest BCUT2D eigenvalue weighted by Crippen LogP contribution is 2.33. The van der Waals surface area contributed by atoms with Gasteiger partial charge in [0.05, 0.1) is 0 Å². The summed E-state index contributed by atoms with van der Waals surface area (Å²) in [6.07, 6.45) is 6.82.